The second kappa shape index (κ2) is 7.34. The van der Waals surface area contributed by atoms with Crippen molar-refractivity contribution in [3.63, 3.8) is 0 Å². The van der Waals surface area contributed by atoms with Crippen LogP contribution < -0.4 is 11.1 Å². The number of nitrogens with two attached hydrogens (primary N) is 1. The molecule has 5 nitrogen and oxygen atoms in total. The van der Waals surface area contributed by atoms with Gasteiger partial charge < -0.3 is 16.0 Å². The molecule has 0 spiro atoms. The number of carbonyl (C=O) groups is 2. The van der Waals surface area contributed by atoms with Gasteiger partial charge in [-0.25, -0.2) is 0 Å². The third-order valence-corrected chi connectivity index (χ3v) is 5.29. The molecule has 2 amide bonds. The molecule has 0 atom stereocenters. The minimum Gasteiger partial charge on any atom is -0.341 e. The number of piperidine rings is 1. The minimum atomic E-state index is -0.732. The van der Waals surface area contributed by atoms with Gasteiger partial charge in [0.2, 0.25) is 5.91 Å². The van der Waals surface area contributed by atoms with Crippen molar-refractivity contribution in [2.24, 2.45) is 11.7 Å². The SMILES string of the molecule is NCCC1CC(NC(=O)c2ccccc2)(C(=O)N2CCCCC2)C1. The molecule has 3 rings (SSSR count). The molecule has 1 aliphatic heterocycles. The van der Waals surface area contributed by atoms with Crippen LogP contribution in [0.4, 0.5) is 0 Å². The molecule has 1 saturated carbocycles. The van der Waals surface area contributed by atoms with Crippen LogP contribution in [0.3, 0.4) is 0 Å². The average Bonchev–Trinajstić information content (AvgIpc) is 2.60. The molecule has 24 heavy (non-hydrogen) atoms. The maximum atomic E-state index is 13.1. The summed E-state index contributed by atoms with van der Waals surface area (Å²) in [5, 5.41) is 3.06. The minimum absolute atomic E-state index is 0.0970. The number of hydrogen-bond acceptors (Lipinski definition) is 3. The molecule has 1 saturated heterocycles. The molecule has 0 radical (unpaired) electrons. The number of rotatable bonds is 5. The third kappa shape index (κ3) is 3.46. The van der Waals surface area contributed by atoms with Crippen molar-refractivity contribution in [2.75, 3.05) is 19.6 Å². The van der Waals surface area contributed by atoms with Crippen LogP contribution in [0.1, 0.15) is 48.9 Å². The van der Waals surface area contributed by atoms with Crippen molar-refractivity contribution in [3.05, 3.63) is 35.9 Å². The van der Waals surface area contributed by atoms with Crippen molar-refractivity contribution in [1.29, 1.82) is 0 Å². The Labute approximate surface area is 143 Å². The van der Waals surface area contributed by atoms with Gasteiger partial charge in [-0.3, -0.25) is 9.59 Å². The van der Waals surface area contributed by atoms with Crippen LogP contribution >= 0.6 is 0 Å². The van der Waals surface area contributed by atoms with Crippen LogP contribution in [-0.2, 0) is 4.79 Å². The highest BCUT2D eigenvalue weighted by Crippen LogP contribution is 2.41. The average molecular weight is 329 g/mol. The number of nitrogens with one attached hydrogen (secondary N) is 1. The summed E-state index contributed by atoms with van der Waals surface area (Å²) in [7, 11) is 0. The van der Waals surface area contributed by atoms with Crippen molar-refractivity contribution in [2.45, 2.75) is 44.1 Å². The van der Waals surface area contributed by atoms with Crippen LogP contribution in [0.15, 0.2) is 30.3 Å². The van der Waals surface area contributed by atoms with E-state index in [1.807, 2.05) is 23.1 Å². The van der Waals surface area contributed by atoms with E-state index in [2.05, 4.69) is 5.32 Å². The van der Waals surface area contributed by atoms with Crippen molar-refractivity contribution in [3.8, 4) is 0 Å². The zero-order chi connectivity index (χ0) is 17.0. The topological polar surface area (TPSA) is 75.4 Å². The first-order chi connectivity index (χ1) is 11.6. The maximum Gasteiger partial charge on any atom is 0.252 e. The van der Waals surface area contributed by atoms with E-state index >= 15 is 0 Å². The largest absolute Gasteiger partial charge is 0.341 e. The lowest BCUT2D eigenvalue weighted by molar-refractivity contribution is -0.145. The van der Waals surface area contributed by atoms with Gasteiger partial charge in [0.1, 0.15) is 5.54 Å². The molecule has 0 bridgehead atoms. The van der Waals surface area contributed by atoms with Crippen LogP contribution in [0.2, 0.25) is 0 Å². The Hall–Kier alpha value is -1.88. The summed E-state index contributed by atoms with van der Waals surface area (Å²) >= 11 is 0. The van der Waals surface area contributed by atoms with Crippen LogP contribution in [0, 0.1) is 5.92 Å². The van der Waals surface area contributed by atoms with E-state index < -0.39 is 5.54 Å². The van der Waals surface area contributed by atoms with Crippen molar-refractivity contribution >= 4 is 11.8 Å². The molecular weight excluding hydrogens is 302 g/mol. The number of amides is 2. The number of nitrogens with zero attached hydrogens (tertiary/aromatic N) is 1. The van der Waals surface area contributed by atoms with Gasteiger partial charge >= 0.3 is 0 Å². The molecule has 1 aromatic rings. The van der Waals surface area contributed by atoms with Crippen LogP contribution in [-0.4, -0.2) is 41.9 Å². The van der Waals surface area contributed by atoms with Gasteiger partial charge in [-0.2, -0.15) is 0 Å². The zero-order valence-corrected chi connectivity index (χ0v) is 14.2. The van der Waals surface area contributed by atoms with Crippen molar-refractivity contribution in [1.82, 2.24) is 10.2 Å². The Morgan fingerprint density at radius 2 is 1.79 bits per heavy atom. The lowest BCUT2D eigenvalue weighted by Gasteiger charge is -2.49. The molecule has 130 valence electrons. The Kier molecular flexibility index (Phi) is 5.19. The van der Waals surface area contributed by atoms with Gasteiger partial charge in [-0.05, 0) is 63.1 Å². The fourth-order valence-corrected chi connectivity index (χ4v) is 3.97. The van der Waals surface area contributed by atoms with Gasteiger partial charge in [0.05, 0.1) is 0 Å². The summed E-state index contributed by atoms with van der Waals surface area (Å²) < 4.78 is 0. The smallest absolute Gasteiger partial charge is 0.252 e. The summed E-state index contributed by atoms with van der Waals surface area (Å²) in [6.07, 6.45) is 5.62. The van der Waals surface area contributed by atoms with E-state index in [9.17, 15) is 9.59 Å². The summed E-state index contributed by atoms with van der Waals surface area (Å²) in [5.74, 6) is 0.367. The fourth-order valence-electron chi connectivity index (χ4n) is 3.97. The van der Waals surface area contributed by atoms with Gasteiger partial charge in [-0.15, -0.1) is 0 Å². The number of carbonyl (C=O) groups excluding carboxylic acids is 2. The first-order valence-electron chi connectivity index (χ1n) is 9.02. The molecule has 0 aromatic heterocycles. The third-order valence-electron chi connectivity index (χ3n) is 5.29. The molecule has 2 aliphatic rings. The predicted molar refractivity (Wildman–Crippen MR) is 93.5 cm³/mol. The highest BCUT2D eigenvalue weighted by molar-refractivity contribution is 5.99. The highest BCUT2D eigenvalue weighted by atomic mass is 16.2. The molecule has 1 heterocycles. The molecule has 5 heteroatoms. The number of likely N-dealkylation sites (tertiary alicyclic amines) is 1. The van der Waals surface area contributed by atoms with Crippen LogP contribution in [0.5, 0.6) is 0 Å². The van der Waals surface area contributed by atoms with Gasteiger partial charge in [-0.1, -0.05) is 18.2 Å². The number of benzene rings is 1. The van der Waals surface area contributed by atoms with Crippen LogP contribution in [0.25, 0.3) is 0 Å². The van der Waals surface area contributed by atoms with E-state index in [0.717, 1.165) is 32.4 Å². The van der Waals surface area contributed by atoms with E-state index in [1.165, 1.54) is 6.42 Å². The quantitative estimate of drug-likeness (QED) is 0.867. The molecule has 1 aliphatic carbocycles. The monoisotopic (exact) mass is 329 g/mol. The zero-order valence-electron chi connectivity index (χ0n) is 14.2. The number of hydrogen-bond donors (Lipinski definition) is 2. The normalized spacial score (nSPS) is 26.5. The Bertz CT molecular complexity index is 576. The predicted octanol–water partition coefficient (Wildman–Crippen LogP) is 1.93. The maximum absolute atomic E-state index is 13.1. The summed E-state index contributed by atoms with van der Waals surface area (Å²) in [6, 6.07) is 9.12. The first-order valence-corrected chi connectivity index (χ1v) is 9.02. The first kappa shape index (κ1) is 17.0. The molecule has 0 unspecified atom stereocenters. The Morgan fingerprint density at radius 3 is 2.42 bits per heavy atom. The van der Waals surface area contributed by atoms with Gasteiger partial charge in [0.25, 0.3) is 5.91 Å². The van der Waals surface area contributed by atoms with Gasteiger partial charge in [0.15, 0.2) is 0 Å². The van der Waals surface area contributed by atoms with E-state index in [0.29, 0.717) is 30.9 Å². The summed E-state index contributed by atoms with van der Waals surface area (Å²) in [5.41, 5.74) is 5.53. The molecular formula is C19H27N3O2. The summed E-state index contributed by atoms with van der Waals surface area (Å²) in [4.78, 5) is 27.6. The van der Waals surface area contributed by atoms with E-state index in [4.69, 9.17) is 5.73 Å². The Balaban J connectivity index is 1.73. The second-order valence-electron chi connectivity index (χ2n) is 7.11. The fraction of sp³-hybridized carbons (Fsp3) is 0.579. The van der Waals surface area contributed by atoms with E-state index in [-0.39, 0.29) is 11.8 Å². The molecule has 2 fully saturated rings. The van der Waals surface area contributed by atoms with Gasteiger partial charge in [0, 0.05) is 18.7 Å². The van der Waals surface area contributed by atoms with E-state index in [1.54, 1.807) is 12.1 Å². The lowest BCUT2D eigenvalue weighted by atomic mass is 9.65. The molecule has 3 N–H and O–H groups in total. The summed E-state index contributed by atoms with van der Waals surface area (Å²) in [6.45, 7) is 2.25. The lowest BCUT2D eigenvalue weighted by Crippen LogP contribution is -2.66. The Morgan fingerprint density at radius 1 is 1.12 bits per heavy atom. The standard InChI is InChI=1S/C19H27N3O2/c20-10-9-15-13-19(14-15,18(24)22-11-5-2-6-12-22)21-17(23)16-7-3-1-4-8-16/h1,3-4,7-8,15H,2,5-6,9-14,20H2,(H,21,23). The highest BCUT2D eigenvalue weighted by Gasteiger charge is 2.52. The van der Waals surface area contributed by atoms with Crippen molar-refractivity contribution < 1.29 is 9.59 Å². The molecule has 1 aromatic carbocycles. The second-order valence-corrected chi connectivity index (χ2v) is 7.11.